The molecule has 9 aliphatic rings. The summed E-state index contributed by atoms with van der Waals surface area (Å²) in [6.45, 7) is -6.41. The van der Waals surface area contributed by atoms with Gasteiger partial charge >= 0.3 is 5.97 Å². The van der Waals surface area contributed by atoms with Gasteiger partial charge in [0.05, 0.1) is 71.6 Å². The van der Waals surface area contributed by atoms with Crippen LogP contribution in [0.1, 0.15) is 34.1 Å². The van der Waals surface area contributed by atoms with Gasteiger partial charge in [0.15, 0.2) is 50.3 Å². The lowest BCUT2D eigenvalue weighted by Crippen LogP contribution is -2.71. The van der Waals surface area contributed by atoms with E-state index in [0.717, 1.165) is 27.7 Å². The third-order valence-electron chi connectivity index (χ3n) is 21.3. The molecule has 0 spiro atoms. The van der Waals surface area contributed by atoms with Gasteiger partial charge in [-0.05, 0) is 0 Å². The molecule has 53 heteroatoms. The maximum atomic E-state index is 13.0. The van der Waals surface area contributed by atoms with Gasteiger partial charge < -0.3 is 240 Å². The summed E-state index contributed by atoms with van der Waals surface area (Å²) in [6, 6.07) is -7.50. The number of aliphatic carboxylic acids is 1. The van der Waals surface area contributed by atoms with Crippen molar-refractivity contribution in [2.24, 2.45) is 0 Å². The van der Waals surface area contributed by atoms with Crippen LogP contribution >= 0.6 is 0 Å². The highest BCUT2D eigenvalue weighted by Crippen LogP contribution is 2.41. The Bertz CT molecular complexity index is 3210. The molecule has 46 atom stereocenters. The van der Waals surface area contributed by atoms with Crippen LogP contribution in [-0.2, 0) is 104 Å². The quantitative estimate of drug-likeness (QED) is 0.0297. The average molecular weight is 1730 g/mol. The van der Waals surface area contributed by atoms with E-state index in [9.17, 15) is 162 Å². The zero-order chi connectivity index (χ0) is 87.3. The number of amides is 4. The van der Waals surface area contributed by atoms with Crippen molar-refractivity contribution in [3.8, 4) is 0 Å². The molecule has 0 bridgehead atoms. The Morgan fingerprint density at radius 1 is 0.339 bits per heavy atom. The predicted octanol–water partition coefficient (Wildman–Crippen LogP) is -20.8. The van der Waals surface area contributed by atoms with Crippen molar-refractivity contribution in [2.75, 3.05) is 59.5 Å². The molecule has 31 N–H and O–H groups in total. The van der Waals surface area contributed by atoms with Crippen LogP contribution in [0.15, 0.2) is 0 Å². The van der Waals surface area contributed by atoms with Gasteiger partial charge in [0, 0.05) is 34.1 Å². The normalized spacial score (nSPS) is 47.6. The summed E-state index contributed by atoms with van der Waals surface area (Å²) in [7, 11) is 0. The number of carboxylic acid groups (broad SMARTS) is 1. The van der Waals surface area contributed by atoms with E-state index in [1.807, 2.05) is 0 Å². The fraction of sp³-hybridized carbons (Fsp3) is 0.923. The van der Waals surface area contributed by atoms with Gasteiger partial charge in [0.1, 0.15) is 213 Å². The van der Waals surface area contributed by atoms with E-state index in [1.165, 1.54) is 0 Å². The Hall–Kier alpha value is -4.37. The molecule has 0 aromatic heterocycles. The van der Waals surface area contributed by atoms with Crippen molar-refractivity contribution in [3.05, 3.63) is 0 Å². The van der Waals surface area contributed by atoms with E-state index < -0.39 is 377 Å². The first-order valence-electron chi connectivity index (χ1n) is 37.3. The van der Waals surface area contributed by atoms with Crippen molar-refractivity contribution in [1.29, 1.82) is 0 Å². The lowest BCUT2D eigenvalue weighted by atomic mass is 9.88. The minimum absolute atomic E-state index is 0.824. The van der Waals surface area contributed by atoms with E-state index in [-0.39, 0.29) is 0 Å². The van der Waals surface area contributed by atoms with Crippen LogP contribution < -0.4 is 21.3 Å². The zero-order valence-electron chi connectivity index (χ0n) is 63.1. The van der Waals surface area contributed by atoms with Crippen LogP contribution in [0, 0.1) is 0 Å². The maximum absolute atomic E-state index is 13.0. The molecule has 9 saturated heterocycles. The van der Waals surface area contributed by atoms with Crippen LogP contribution in [0.2, 0.25) is 0 Å². The zero-order valence-corrected chi connectivity index (χ0v) is 63.1. The molecule has 9 heterocycles. The number of nitrogens with one attached hydrogen (secondary N) is 4. The number of aliphatic hydroxyl groups excluding tert-OH is 26. The number of rotatable bonds is 32. The highest BCUT2D eigenvalue weighted by molar-refractivity contribution is 5.77. The van der Waals surface area contributed by atoms with Crippen molar-refractivity contribution in [1.82, 2.24) is 21.3 Å². The summed E-state index contributed by atoms with van der Waals surface area (Å²) in [6.07, 6.45) is -86.7. The number of ether oxygens (including phenoxy) is 17. The number of hydrogen-bond acceptors (Lipinski definition) is 48. The third-order valence-corrected chi connectivity index (χ3v) is 21.3. The largest absolute Gasteiger partial charge is 0.477 e. The Kier molecular flexibility index (Phi) is 34.7. The van der Waals surface area contributed by atoms with Crippen molar-refractivity contribution < 1.29 is 242 Å². The molecule has 9 aliphatic heterocycles. The monoisotopic (exact) mass is 1730 g/mol. The highest BCUT2D eigenvalue weighted by atomic mass is 16.8. The topological polar surface area (TPSA) is 837 Å². The SMILES string of the molecule is CC(=O)N[C@H]1[C@H](O[C@H]2[C@@H](O)[C@@H](CO)O[C@@H](O[C@H]3[C@H](O)[C@@H](NC(C)=O)[C@H](O[C@H]4[C@@H](O)[C@@H](CO)O[C@@H](O[C@H]5[C@H](O)[C@@H](NC(C)=O)[C@H](O[C@H]6[C@@H](O)[C@@H](CO)O[C@@H](O[C@H]7[C@H](O)[C@@H](O)[C@H](O)O[C@@H]7CO)[C@@H]6O)O[C@@H]5CO)[C@@H]4O)O[C@@H]3CO)[C@@H]2O)O[C@H](CO)[C@@H](O[C@@H]2O[C@H](CO[C@]3(C(=O)O)C[C@H](O)[C@@H](NC(C)=O)[C@H]([C@H](O)[C@H](O)CO)O3)[C@H](O)[C@H](O)[C@H]2O)[C@@H]1O. The van der Waals surface area contributed by atoms with Gasteiger partial charge in [0.25, 0.3) is 5.79 Å². The summed E-state index contributed by atoms with van der Waals surface area (Å²) in [5, 5.41) is 306. The number of carbonyl (C=O) groups is 5. The number of carbonyl (C=O) groups excluding carboxylic acids is 4. The molecule has 9 rings (SSSR count). The first-order valence-corrected chi connectivity index (χ1v) is 37.3. The van der Waals surface area contributed by atoms with Crippen molar-refractivity contribution >= 4 is 29.6 Å². The highest BCUT2D eigenvalue weighted by Gasteiger charge is 2.62. The van der Waals surface area contributed by atoms with E-state index >= 15 is 0 Å². The van der Waals surface area contributed by atoms with Gasteiger partial charge in [-0.25, -0.2) is 4.79 Å². The molecule has 118 heavy (non-hydrogen) atoms. The van der Waals surface area contributed by atoms with Gasteiger partial charge in [-0.3, -0.25) is 19.2 Å². The van der Waals surface area contributed by atoms with Crippen LogP contribution in [0.5, 0.6) is 0 Å². The fourth-order valence-corrected chi connectivity index (χ4v) is 15.2. The lowest BCUT2D eigenvalue weighted by Gasteiger charge is -2.51. The molecule has 0 unspecified atom stereocenters. The molecular formula is C65H108N4O49. The summed E-state index contributed by atoms with van der Waals surface area (Å²) < 4.78 is 98.4. The van der Waals surface area contributed by atoms with E-state index in [4.69, 9.17) is 80.5 Å². The molecule has 0 aromatic rings. The van der Waals surface area contributed by atoms with E-state index in [0.29, 0.717) is 0 Å². The molecular weight excluding hydrogens is 1620 g/mol. The van der Waals surface area contributed by atoms with Crippen molar-refractivity contribution in [2.45, 2.75) is 316 Å². The Labute approximate surface area is 666 Å². The molecule has 0 saturated carbocycles. The molecule has 682 valence electrons. The molecule has 4 amide bonds. The molecule has 0 aliphatic carbocycles. The second kappa shape index (κ2) is 42.1. The van der Waals surface area contributed by atoms with Gasteiger partial charge in [-0.2, -0.15) is 0 Å². The minimum Gasteiger partial charge on any atom is -0.477 e. The Morgan fingerprint density at radius 2 is 0.636 bits per heavy atom. The molecule has 9 fully saturated rings. The van der Waals surface area contributed by atoms with Gasteiger partial charge in [-0.15, -0.1) is 0 Å². The molecule has 0 aromatic carbocycles. The second-order valence-electron chi connectivity index (χ2n) is 29.6. The van der Waals surface area contributed by atoms with Crippen LogP contribution in [0.25, 0.3) is 0 Å². The second-order valence-corrected chi connectivity index (χ2v) is 29.6. The lowest BCUT2D eigenvalue weighted by molar-refractivity contribution is -0.389. The van der Waals surface area contributed by atoms with Crippen LogP contribution in [0.3, 0.4) is 0 Å². The summed E-state index contributed by atoms with van der Waals surface area (Å²) in [5.74, 6) is -8.77. The summed E-state index contributed by atoms with van der Waals surface area (Å²) in [5.41, 5.74) is 0. The Morgan fingerprint density at radius 3 is 0.958 bits per heavy atom. The standard InChI is InChI=1S/C65H108N4O49/c1-15(78)66-29-19(82)5-65(64(100)101,118-52(29)33(84)20(83)6-70)102-14-28-34(85)41(92)44(95)60(110-28)111-48-25(11-75)107-57(30(38(48)89)67-16(2)79)115-53-35(86)21(7-71)104-61(45(53)96)112-49-26(12-76)108-58(31(39(49)90)68-17(3)80)116-54-36(87)22(8-72)105-62(46(54)97)113-50-27(13-77)109-59(32(40(50)91)69-18(4)81)117-55-37(88)23(9-73)106-63(47(55)98)114-51-24(10-74)103-56(99)43(94)42(51)93/h19-63,70-77,82-99H,5-14H2,1-4H3,(H,66,78)(H,67,79)(H,68,80)(H,69,81)(H,100,101)/t19-,20+,21+,22+,23+,24+,25+,26+,27+,28+,29+,30+,31+,32+,33+,34-,35-,36-,37-,38+,39+,40+,41-,42+,43+,44+,45+,46+,47+,48+,49+,50+,51+,52+,53-,54-,55-,56+,57-,58-,59-,60-,61-,62-,63-,65+/m0/s1. The fourth-order valence-electron chi connectivity index (χ4n) is 15.2. The summed E-state index contributed by atoms with van der Waals surface area (Å²) >= 11 is 0. The van der Waals surface area contributed by atoms with Crippen LogP contribution in [-0.4, -0.2) is 509 Å². The third kappa shape index (κ3) is 21.2. The smallest absolute Gasteiger partial charge is 0.364 e. The maximum Gasteiger partial charge on any atom is 0.364 e. The minimum atomic E-state index is -3.05. The molecule has 0 radical (unpaired) electrons. The first-order chi connectivity index (χ1) is 55.7. The van der Waals surface area contributed by atoms with Gasteiger partial charge in [-0.1, -0.05) is 0 Å². The van der Waals surface area contributed by atoms with Gasteiger partial charge in [0.2, 0.25) is 23.6 Å². The number of carboxylic acids is 1. The van der Waals surface area contributed by atoms with E-state index in [1.54, 1.807) is 0 Å². The number of aliphatic hydroxyl groups is 26. The van der Waals surface area contributed by atoms with Crippen molar-refractivity contribution in [3.63, 3.8) is 0 Å². The Balaban J connectivity index is 0.887. The average Bonchev–Trinajstić information content (AvgIpc) is 0.767. The first kappa shape index (κ1) is 97.4. The predicted molar refractivity (Wildman–Crippen MR) is 361 cm³/mol. The van der Waals surface area contributed by atoms with Crippen LogP contribution in [0.4, 0.5) is 0 Å². The summed E-state index contributed by atoms with van der Waals surface area (Å²) in [4.78, 5) is 63.7. The van der Waals surface area contributed by atoms with E-state index in [2.05, 4.69) is 21.3 Å². The molecule has 53 nitrogen and oxygen atoms in total. The number of hydrogen-bond donors (Lipinski definition) is 31.